The summed E-state index contributed by atoms with van der Waals surface area (Å²) in [5.74, 6) is -0.307. The number of rotatable bonds is 3. The van der Waals surface area contributed by atoms with Crippen LogP contribution in [0, 0.1) is 6.92 Å². The number of carbonyl (C=O) groups excluding carboxylic acids is 1. The molecule has 0 heterocycles. The summed E-state index contributed by atoms with van der Waals surface area (Å²) in [4.78, 5) is 11.2. The second kappa shape index (κ2) is 5.14. The van der Waals surface area contributed by atoms with Crippen molar-refractivity contribution in [2.45, 2.75) is 0 Å². The van der Waals surface area contributed by atoms with E-state index in [4.69, 9.17) is 4.74 Å². The van der Waals surface area contributed by atoms with Crippen LogP contribution in [0.4, 0.5) is 0 Å². The number of esters is 1. The lowest BCUT2D eigenvalue weighted by molar-refractivity contribution is 0.0549. The number of benzene rings is 1. The Labute approximate surface area is 77.8 Å². The number of hydrogen-bond donors (Lipinski definition) is 0. The number of hydrogen-bond acceptors (Lipinski definition) is 2. The Morgan fingerprint density at radius 2 is 2.08 bits per heavy atom. The predicted molar refractivity (Wildman–Crippen MR) is 51.2 cm³/mol. The third-order valence-corrected chi connectivity index (χ3v) is 1.49. The van der Waals surface area contributed by atoms with Crippen LogP contribution >= 0.6 is 0 Å². The molecule has 0 saturated heterocycles. The molecule has 1 rings (SSSR count). The van der Waals surface area contributed by atoms with Gasteiger partial charge in [0.25, 0.3) is 0 Å². The van der Waals surface area contributed by atoms with Crippen molar-refractivity contribution < 1.29 is 9.53 Å². The smallest absolute Gasteiger partial charge is 0.338 e. The van der Waals surface area contributed by atoms with Crippen molar-refractivity contribution in [2.24, 2.45) is 0 Å². The molecule has 2 heteroatoms. The molecule has 67 valence electrons. The van der Waals surface area contributed by atoms with E-state index in [0.717, 1.165) is 0 Å². The fraction of sp³-hybridized carbons (Fsp3) is 0.0909. The largest absolute Gasteiger partial charge is 0.458 e. The van der Waals surface area contributed by atoms with Gasteiger partial charge in [0.2, 0.25) is 0 Å². The number of carbonyl (C=O) groups is 1. The molecule has 0 aliphatic carbocycles. The first-order valence-corrected chi connectivity index (χ1v) is 4.01. The van der Waals surface area contributed by atoms with Gasteiger partial charge in [0.1, 0.15) is 6.61 Å². The van der Waals surface area contributed by atoms with Crippen molar-refractivity contribution in [1.82, 2.24) is 0 Å². The summed E-state index contributed by atoms with van der Waals surface area (Å²) < 4.78 is 4.90. The molecule has 0 spiro atoms. The molecule has 0 aliphatic heterocycles. The third kappa shape index (κ3) is 3.11. The molecule has 13 heavy (non-hydrogen) atoms. The monoisotopic (exact) mass is 175 g/mol. The van der Waals surface area contributed by atoms with E-state index in [1.54, 1.807) is 36.4 Å². The molecule has 1 aromatic rings. The number of allylic oxidation sites excluding steroid dienone is 1. The van der Waals surface area contributed by atoms with Crippen LogP contribution in [0.3, 0.4) is 0 Å². The van der Waals surface area contributed by atoms with Crippen LogP contribution in [0.5, 0.6) is 0 Å². The van der Waals surface area contributed by atoms with Crippen molar-refractivity contribution in [2.75, 3.05) is 6.61 Å². The summed E-state index contributed by atoms with van der Waals surface area (Å²) in [6.45, 7) is 3.76. The lowest BCUT2D eigenvalue weighted by atomic mass is 10.2. The summed E-state index contributed by atoms with van der Waals surface area (Å²) in [5, 5.41) is 0. The molecule has 2 nitrogen and oxygen atoms in total. The van der Waals surface area contributed by atoms with Gasteiger partial charge in [-0.2, -0.15) is 0 Å². The van der Waals surface area contributed by atoms with Gasteiger partial charge in [-0.25, -0.2) is 4.79 Å². The molecule has 1 aromatic carbocycles. The molecule has 0 atom stereocenters. The first-order valence-electron chi connectivity index (χ1n) is 4.01. The zero-order valence-electron chi connectivity index (χ0n) is 7.27. The minimum Gasteiger partial charge on any atom is -0.458 e. The van der Waals surface area contributed by atoms with E-state index in [9.17, 15) is 4.79 Å². The first-order chi connectivity index (χ1) is 6.34. The Morgan fingerprint density at radius 3 is 2.69 bits per heavy atom. The summed E-state index contributed by atoms with van der Waals surface area (Å²) in [7, 11) is 0. The fourth-order valence-electron chi connectivity index (χ4n) is 0.849. The molecule has 0 N–H and O–H groups in total. The van der Waals surface area contributed by atoms with Crippen molar-refractivity contribution >= 4 is 5.97 Å². The molecule has 0 aromatic heterocycles. The molecule has 1 radical (unpaired) electrons. The highest BCUT2D eigenvalue weighted by atomic mass is 16.5. The van der Waals surface area contributed by atoms with E-state index in [1.165, 1.54) is 0 Å². The molecule has 0 saturated carbocycles. The van der Waals surface area contributed by atoms with Gasteiger partial charge in [-0.3, -0.25) is 0 Å². The van der Waals surface area contributed by atoms with Gasteiger partial charge in [-0.1, -0.05) is 30.4 Å². The van der Waals surface area contributed by atoms with Crippen LogP contribution < -0.4 is 0 Å². The molecule has 0 fully saturated rings. The minimum absolute atomic E-state index is 0.275. The topological polar surface area (TPSA) is 26.3 Å². The summed E-state index contributed by atoms with van der Waals surface area (Å²) >= 11 is 0. The molecular formula is C11H11O2. The van der Waals surface area contributed by atoms with E-state index in [0.29, 0.717) is 5.56 Å². The molecule has 0 unspecified atom stereocenters. The maximum atomic E-state index is 11.2. The van der Waals surface area contributed by atoms with Gasteiger partial charge in [-0.15, -0.1) is 0 Å². The fourth-order valence-corrected chi connectivity index (χ4v) is 0.849. The highest BCUT2D eigenvalue weighted by Crippen LogP contribution is 2.00. The van der Waals surface area contributed by atoms with Crippen LogP contribution in [-0.2, 0) is 4.74 Å². The van der Waals surface area contributed by atoms with E-state index in [2.05, 4.69) is 6.92 Å². The Morgan fingerprint density at radius 1 is 1.38 bits per heavy atom. The van der Waals surface area contributed by atoms with Crippen molar-refractivity contribution in [1.29, 1.82) is 0 Å². The Balaban J connectivity index is 2.49. The second-order valence-electron chi connectivity index (χ2n) is 2.44. The van der Waals surface area contributed by atoms with E-state index < -0.39 is 0 Å². The van der Waals surface area contributed by atoms with Gasteiger partial charge in [0.05, 0.1) is 5.56 Å². The highest BCUT2D eigenvalue weighted by molar-refractivity contribution is 5.89. The number of ether oxygens (including phenoxy) is 1. The molecule has 0 amide bonds. The summed E-state index contributed by atoms with van der Waals surface area (Å²) in [6.07, 6.45) is 3.28. The Hall–Kier alpha value is -1.57. The quantitative estimate of drug-likeness (QED) is 0.658. The third-order valence-electron chi connectivity index (χ3n) is 1.49. The summed E-state index contributed by atoms with van der Waals surface area (Å²) in [6, 6.07) is 8.89. The Bertz CT molecular complexity index is 288. The zero-order valence-corrected chi connectivity index (χ0v) is 7.27. The first kappa shape index (κ1) is 9.52. The van der Waals surface area contributed by atoms with Crippen molar-refractivity contribution in [3.63, 3.8) is 0 Å². The van der Waals surface area contributed by atoms with Crippen LogP contribution in [-0.4, -0.2) is 12.6 Å². The second-order valence-corrected chi connectivity index (χ2v) is 2.44. The normalized spacial score (nSPS) is 10.2. The minimum atomic E-state index is -0.307. The van der Waals surface area contributed by atoms with Gasteiger partial charge >= 0.3 is 5.97 Å². The zero-order chi connectivity index (χ0) is 9.52. The van der Waals surface area contributed by atoms with Crippen molar-refractivity contribution in [3.05, 3.63) is 55.0 Å². The molecule has 0 bridgehead atoms. The maximum absolute atomic E-state index is 11.2. The van der Waals surface area contributed by atoms with Gasteiger partial charge < -0.3 is 4.74 Å². The van der Waals surface area contributed by atoms with Gasteiger partial charge in [0, 0.05) is 0 Å². The summed E-state index contributed by atoms with van der Waals surface area (Å²) in [5.41, 5.74) is 0.569. The van der Waals surface area contributed by atoms with E-state index in [1.807, 2.05) is 6.07 Å². The average molecular weight is 175 g/mol. The van der Waals surface area contributed by atoms with Crippen molar-refractivity contribution in [3.8, 4) is 0 Å². The van der Waals surface area contributed by atoms with Crippen LogP contribution in [0.1, 0.15) is 10.4 Å². The van der Waals surface area contributed by atoms with Crippen LogP contribution in [0.2, 0.25) is 0 Å². The standard InChI is InChI=1S/C11H11O2/c1-2-3-9-13-11(12)10-7-5-4-6-8-10/h2-8H,1,9H2. The molecule has 0 aliphatic rings. The average Bonchev–Trinajstić information content (AvgIpc) is 2.19. The predicted octanol–water partition coefficient (Wildman–Crippen LogP) is 2.23. The van der Waals surface area contributed by atoms with E-state index in [-0.39, 0.29) is 12.6 Å². The maximum Gasteiger partial charge on any atom is 0.338 e. The van der Waals surface area contributed by atoms with Crippen LogP contribution in [0.15, 0.2) is 42.5 Å². The molecular weight excluding hydrogens is 164 g/mol. The van der Waals surface area contributed by atoms with Gasteiger partial charge in [0.15, 0.2) is 0 Å². The lowest BCUT2D eigenvalue weighted by Gasteiger charge is -2.00. The lowest BCUT2D eigenvalue weighted by Crippen LogP contribution is -2.04. The van der Waals surface area contributed by atoms with Crippen LogP contribution in [0.25, 0.3) is 0 Å². The van der Waals surface area contributed by atoms with E-state index >= 15 is 0 Å². The van der Waals surface area contributed by atoms with Gasteiger partial charge in [-0.05, 0) is 19.1 Å². The SMILES string of the molecule is [CH2]C=CCOC(=O)c1ccccc1. The highest BCUT2D eigenvalue weighted by Gasteiger charge is 2.03. The Kier molecular flexibility index (Phi) is 3.76.